The molecule has 83 heavy (non-hydrogen) atoms. The van der Waals surface area contributed by atoms with Crippen molar-refractivity contribution < 1.29 is 48.3 Å². The van der Waals surface area contributed by atoms with Gasteiger partial charge < -0.3 is 111 Å². The molecule has 0 radical (unpaired) electrons. The molecule has 0 aliphatic carbocycles. The van der Waals surface area contributed by atoms with Crippen molar-refractivity contribution in [3.8, 4) is 0 Å². The van der Waals surface area contributed by atoms with Crippen LogP contribution >= 0.6 is 0 Å². The average molecular weight is 1170 g/mol. The number of hydrogen-bond acceptors (Lipinski definition) is 16. The Morgan fingerprint density at radius 1 is 0.386 bits per heavy atom. The third-order valence-electron chi connectivity index (χ3n) is 12.3. The number of nitrogens with two attached hydrogens (primary N) is 11. The molecule has 466 valence electrons. The van der Waals surface area contributed by atoms with E-state index in [1.54, 1.807) is 30.3 Å². The average Bonchev–Trinajstić information content (AvgIpc) is 3.53. The van der Waals surface area contributed by atoms with Crippen LogP contribution in [0, 0.1) is 0 Å². The number of amides is 9. The van der Waals surface area contributed by atoms with Crippen LogP contribution in [0.15, 0.2) is 50.3 Å². The maximum Gasteiger partial charge on any atom is 0.245 e. The van der Waals surface area contributed by atoms with Crippen LogP contribution in [-0.2, 0) is 49.6 Å². The fourth-order valence-corrected chi connectivity index (χ4v) is 8.03. The Labute approximate surface area is 482 Å². The molecule has 0 aromatic heterocycles. The van der Waals surface area contributed by atoms with Gasteiger partial charge in [-0.1, -0.05) is 30.3 Å². The molecule has 8 atom stereocenters. The maximum atomic E-state index is 14.5. The molecule has 0 saturated heterocycles. The monoisotopic (exact) mass is 1170 g/mol. The molecule has 0 aliphatic heterocycles. The molecule has 1 aromatic rings. The fraction of sp³-hybridized carbons (Fsp3) is 0.620. The highest BCUT2D eigenvalue weighted by atomic mass is 16.3. The molecule has 0 saturated carbocycles. The zero-order valence-electron chi connectivity index (χ0n) is 47.3. The second-order valence-corrected chi connectivity index (χ2v) is 19.3. The van der Waals surface area contributed by atoms with Gasteiger partial charge in [0.05, 0.1) is 6.61 Å². The lowest BCUT2D eigenvalue weighted by Crippen LogP contribution is -2.60. The fourth-order valence-electron chi connectivity index (χ4n) is 8.03. The molecule has 0 bridgehead atoms. The van der Waals surface area contributed by atoms with E-state index in [2.05, 4.69) is 62.5 Å². The van der Waals surface area contributed by atoms with Crippen molar-refractivity contribution >= 4 is 77.0 Å². The molecule has 0 spiro atoms. The van der Waals surface area contributed by atoms with Gasteiger partial charge in [0.1, 0.15) is 48.3 Å². The lowest BCUT2D eigenvalue weighted by Gasteiger charge is -2.28. The summed E-state index contributed by atoms with van der Waals surface area (Å²) in [7, 11) is 0. The third kappa shape index (κ3) is 32.4. The summed E-state index contributed by atoms with van der Waals surface area (Å²) in [6, 6.07) is -2.04. The molecular formula is C50H91N23O10. The number of nitrogens with one attached hydrogen (secondary N) is 8. The van der Waals surface area contributed by atoms with Gasteiger partial charge in [0.25, 0.3) is 0 Å². The van der Waals surface area contributed by atoms with Crippen LogP contribution in [0.5, 0.6) is 0 Å². The number of carbonyl (C=O) groups is 9. The van der Waals surface area contributed by atoms with Gasteiger partial charge in [0.15, 0.2) is 23.8 Å². The minimum Gasteiger partial charge on any atom is -0.394 e. The van der Waals surface area contributed by atoms with Crippen LogP contribution in [0.4, 0.5) is 0 Å². The van der Waals surface area contributed by atoms with Crippen molar-refractivity contribution in [3.63, 3.8) is 0 Å². The van der Waals surface area contributed by atoms with E-state index in [0.29, 0.717) is 19.3 Å². The lowest BCUT2D eigenvalue weighted by molar-refractivity contribution is -0.136. The van der Waals surface area contributed by atoms with Gasteiger partial charge in [-0.3, -0.25) is 63.1 Å². The van der Waals surface area contributed by atoms with Crippen molar-refractivity contribution in [2.24, 2.45) is 83.0 Å². The summed E-state index contributed by atoms with van der Waals surface area (Å²) in [5.74, 6) is -8.34. The molecule has 9 amide bonds. The van der Waals surface area contributed by atoms with Gasteiger partial charge in [-0.2, -0.15) is 0 Å². The minimum absolute atomic E-state index is 0.000148. The minimum atomic E-state index is -1.65. The van der Waals surface area contributed by atoms with E-state index in [-0.39, 0.29) is 140 Å². The van der Waals surface area contributed by atoms with Gasteiger partial charge in [-0.15, -0.1) is 0 Å². The predicted octanol–water partition coefficient (Wildman–Crippen LogP) is -7.92. The number of guanidine groups is 4. The third-order valence-corrected chi connectivity index (χ3v) is 12.3. The lowest BCUT2D eigenvalue weighted by atomic mass is 10.0. The summed E-state index contributed by atoms with van der Waals surface area (Å²) >= 11 is 0. The molecule has 0 heterocycles. The molecule has 0 unspecified atom stereocenters. The Bertz CT molecular complexity index is 2330. The summed E-state index contributed by atoms with van der Waals surface area (Å²) in [4.78, 5) is 139. The smallest absolute Gasteiger partial charge is 0.245 e. The quantitative estimate of drug-likeness (QED) is 0.0164. The Kier molecular flexibility index (Phi) is 36.1. The first-order chi connectivity index (χ1) is 39.4. The van der Waals surface area contributed by atoms with Crippen molar-refractivity contribution in [1.29, 1.82) is 0 Å². The highest BCUT2D eigenvalue weighted by molar-refractivity contribution is 5.98. The first kappa shape index (κ1) is 72.4. The van der Waals surface area contributed by atoms with Crippen LogP contribution in [0.3, 0.4) is 0 Å². The summed E-state index contributed by atoms with van der Waals surface area (Å²) in [5, 5.41) is 31.0. The molecule has 0 fully saturated rings. The summed E-state index contributed by atoms with van der Waals surface area (Å²) in [6.45, 7) is 0.926. The number of carbonyl (C=O) groups excluding carboxylic acids is 9. The number of aliphatic imine (C=N–C) groups is 4. The first-order valence-corrected chi connectivity index (χ1v) is 27.4. The van der Waals surface area contributed by atoms with E-state index in [1.165, 1.54) is 6.92 Å². The Balaban J connectivity index is 3.66. The summed E-state index contributed by atoms with van der Waals surface area (Å²) < 4.78 is 0. The number of hydrogen-bond donors (Lipinski definition) is 20. The topological polar surface area (TPSA) is 606 Å². The standard InChI is InChI=1S/C50H91N23O10/c1-29(75)66-37(27-30-13-3-2-4-14-30)45(82)72-35(19-11-25-64-49(58)59)43(80)69-32(15-5-7-21-51)40(77)70-34(18-10-24-63-48(56)57)42(79)68-33(16-6-8-22-52)41(78)71-36(20-12-26-65-50(60)61)44(81)73-38(28-74)46(83)67-31(39(53)76)17-9-23-62-47(54)55/h2-4,13-14,31-38,74H,5-12,15-28,51-52H2,1H3,(H2,53,76)(H,66,75)(H,67,83)(H,68,79)(H,69,80)(H,70,77)(H,71,78)(H,72,82)(H,73,81)(H4,54,55,62)(H4,56,57,63)(H4,58,59,64)(H4,60,61,65)/t31-,32-,33-,34-,35-,36-,37-,38-/m0/s1. The van der Waals surface area contributed by atoms with E-state index in [4.69, 9.17) is 63.1 Å². The number of unbranched alkanes of at least 4 members (excludes halogenated alkanes) is 2. The molecule has 1 aromatic carbocycles. The van der Waals surface area contributed by atoms with Crippen LogP contribution in [-0.4, -0.2) is 176 Å². The maximum absolute atomic E-state index is 14.5. The number of primary amides is 1. The first-order valence-electron chi connectivity index (χ1n) is 27.4. The van der Waals surface area contributed by atoms with Crippen molar-refractivity contribution in [3.05, 3.63) is 35.9 Å². The van der Waals surface area contributed by atoms with Crippen LogP contribution < -0.4 is 106 Å². The number of aliphatic hydroxyl groups is 1. The van der Waals surface area contributed by atoms with E-state index in [0.717, 1.165) is 5.56 Å². The second kappa shape index (κ2) is 41.4. The molecule has 0 aliphatic rings. The van der Waals surface area contributed by atoms with E-state index >= 15 is 0 Å². The normalized spacial score (nSPS) is 13.6. The molecule has 33 nitrogen and oxygen atoms in total. The van der Waals surface area contributed by atoms with E-state index < -0.39 is 108 Å². The number of aliphatic hydroxyl groups excluding tert-OH is 1. The predicted molar refractivity (Wildman–Crippen MR) is 313 cm³/mol. The largest absolute Gasteiger partial charge is 0.394 e. The number of nitrogens with zero attached hydrogens (tertiary/aromatic N) is 4. The molecule has 31 N–H and O–H groups in total. The molecule has 33 heteroatoms. The molecular weight excluding hydrogens is 1080 g/mol. The van der Waals surface area contributed by atoms with E-state index in [1.807, 2.05) is 0 Å². The van der Waals surface area contributed by atoms with Gasteiger partial charge in [-0.25, -0.2) is 0 Å². The zero-order valence-corrected chi connectivity index (χ0v) is 47.3. The Morgan fingerprint density at radius 2 is 0.663 bits per heavy atom. The number of benzene rings is 1. The van der Waals surface area contributed by atoms with Crippen LogP contribution in [0.2, 0.25) is 0 Å². The highest BCUT2D eigenvalue weighted by Gasteiger charge is 2.34. The van der Waals surface area contributed by atoms with Crippen LogP contribution in [0.1, 0.15) is 102 Å². The molecule has 1 rings (SSSR count). The van der Waals surface area contributed by atoms with Crippen LogP contribution in [0.25, 0.3) is 0 Å². The van der Waals surface area contributed by atoms with Gasteiger partial charge in [-0.05, 0) is 109 Å². The summed E-state index contributed by atoms with van der Waals surface area (Å²) in [6.07, 6.45) is 1.84. The van der Waals surface area contributed by atoms with Gasteiger partial charge in [0.2, 0.25) is 53.2 Å². The SMILES string of the molecule is CC(=O)N[C@@H](Cc1ccccc1)C(=O)N[C@@H](CCCN=C(N)N)C(=O)N[C@@H](CCCCN)C(=O)N[C@@H](CCCN=C(N)N)C(=O)N[C@@H](CCCCN)C(=O)N[C@@H](CCCN=C(N)N)C(=O)N[C@@H](CO)C(=O)N[C@@H](CCCN=C(N)N)C(N)=O. The second-order valence-electron chi connectivity index (χ2n) is 19.3. The van der Waals surface area contributed by atoms with E-state index in [9.17, 15) is 48.3 Å². The number of rotatable bonds is 43. The van der Waals surface area contributed by atoms with Crippen molar-refractivity contribution in [2.75, 3.05) is 45.9 Å². The van der Waals surface area contributed by atoms with Crippen molar-refractivity contribution in [2.45, 2.75) is 152 Å². The highest BCUT2D eigenvalue weighted by Crippen LogP contribution is 2.12. The van der Waals surface area contributed by atoms with Crippen molar-refractivity contribution in [1.82, 2.24) is 42.5 Å². The summed E-state index contributed by atoms with van der Waals surface area (Å²) in [5.41, 5.74) is 61.7. The Hall–Kier alpha value is -8.59. The van der Waals surface area contributed by atoms with Gasteiger partial charge >= 0.3 is 0 Å². The van der Waals surface area contributed by atoms with Gasteiger partial charge in [0, 0.05) is 39.5 Å². The Morgan fingerprint density at radius 3 is 0.952 bits per heavy atom. The zero-order chi connectivity index (χ0) is 62.3.